The second kappa shape index (κ2) is 8.26. The first-order chi connectivity index (χ1) is 10.7. The zero-order valence-corrected chi connectivity index (χ0v) is 12.9. The van der Waals surface area contributed by atoms with Crippen LogP contribution in [0.25, 0.3) is 0 Å². The smallest absolute Gasteiger partial charge is 0.407 e. The fourth-order valence-electron chi connectivity index (χ4n) is 2.45. The van der Waals surface area contributed by atoms with Crippen molar-refractivity contribution in [3.05, 3.63) is 35.9 Å². The lowest BCUT2D eigenvalue weighted by atomic mass is 10.1. The largest absolute Gasteiger partial charge is 0.450 e. The van der Waals surface area contributed by atoms with Gasteiger partial charge in [0, 0.05) is 25.7 Å². The van der Waals surface area contributed by atoms with E-state index in [1.54, 1.807) is 11.8 Å². The molecule has 0 unspecified atom stereocenters. The Bertz CT molecular complexity index is 485. The third kappa shape index (κ3) is 4.95. The molecule has 1 fully saturated rings. The van der Waals surface area contributed by atoms with E-state index in [1.807, 2.05) is 30.3 Å². The summed E-state index contributed by atoms with van der Waals surface area (Å²) in [7, 11) is 0. The summed E-state index contributed by atoms with van der Waals surface area (Å²) < 4.78 is 4.86. The number of amides is 3. The maximum Gasteiger partial charge on any atom is 0.407 e. The Morgan fingerprint density at radius 1 is 1.23 bits per heavy atom. The molecular weight excluding hydrogens is 282 g/mol. The predicted molar refractivity (Wildman–Crippen MR) is 83.4 cm³/mol. The highest BCUT2D eigenvalue weighted by Crippen LogP contribution is 2.11. The molecule has 1 heterocycles. The summed E-state index contributed by atoms with van der Waals surface area (Å²) >= 11 is 0. The molecule has 22 heavy (non-hydrogen) atoms. The molecule has 2 rings (SSSR count). The lowest BCUT2D eigenvalue weighted by molar-refractivity contribution is 0.139. The van der Waals surface area contributed by atoms with Crippen molar-refractivity contribution in [2.45, 2.75) is 32.4 Å². The molecule has 3 amide bonds. The minimum absolute atomic E-state index is 0.0570. The first-order valence-electron chi connectivity index (χ1n) is 7.69. The van der Waals surface area contributed by atoms with Crippen molar-refractivity contribution < 1.29 is 14.3 Å². The average molecular weight is 305 g/mol. The van der Waals surface area contributed by atoms with Gasteiger partial charge in [0.15, 0.2) is 0 Å². The second-order valence-electron chi connectivity index (χ2n) is 5.27. The molecule has 0 aliphatic carbocycles. The number of urea groups is 1. The van der Waals surface area contributed by atoms with E-state index < -0.39 is 0 Å². The van der Waals surface area contributed by atoms with Crippen LogP contribution >= 0.6 is 0 Å². The van der Waals surface area contributed by atoms with Gasteiger partial charge in [-0.1, -0.05) is 30.3 Å². The Balaban J connectivity index is 1.69. The summed E-state index contributed by atoms with van der Waals surface area (Å²) in [4.78, 5) is 25.2. The number of nitrogens with one attached hydrogen (secondary N) is 2. The predicted octanol–water partition coefficient (Wildman–Crippen LogP) is 2.11. The number of benzene rings is 1. The van der Waals surface area contributed by atoms with Crippen molar-refractivity contribution in [2.75, 3.05) is 19.7 Å². The highest BCUT2D eigenvalue weighted by Gasteiger charge is 2.23. The first-order valence-corrected chi connectivity index (χ1v) is 7.69. The van der Waals surface area contributed by atoms with Crippen LogP contribution in [-0.4, -0.2) is 42.8 Å². The molecule has 120 valence electrons. The van der Waals surface area contributed by atoms with Gasteiger partial charge in [-0.3, -0.25) is 0 Å². The fraction of sp³-hybridized carbons (Fsp3) is 0.500. The Kier molecular flexibility index (Phi) is 6.06. The van der Waals surface area contributed by atoms with E-state index in [0.29, 0.717) is 26.2 Å². The molecule has 1 aromatic carbocycles. The van der Waals surface area contributed by atoms with E-state index in [2.05, 4.69) is 10.6 Å². The van der Waals surface area contributed by atoms with Gasteiger partial charge in [0.05, 0.1) is 6.61 Å². The third-order valence-electron chi connectivity index (χ3n) is 3.67. The number of rotatable bonds is 4. The summed E-state index contributed by atoms with van der Waals surface area (Å²) in [6.45, 7) is 3.95. The van der Waals surface area contributed by atoms with Gasteiger partial charge in [-0.2, -0.15) is 0 Å². The van der Waals surface area contributed by atoms with Crippen molar-refractivity contribution >= 4 is 12.1 Å². The SMILES string of the molecule is CCOC(=O)NC1CCN(C(=O)NCc2ccccc2)CC1. The van der Waals surface area contributed by atoms with Crippen LogP contribution in [0.4, 0.5) is 9.59 Å². The maximum absolute atomic E-state index is 12.1. The van der Waals surface area contributed by atoms with Crippen LogP contribution in [0.3, 0.4) is 0 Å². The van der Waals surface area contributed by atoms with Gasteiger partial charge >= 0.3 is 12.1 Å². The molecule has 0 saturated carbocycles. The van der Waals surface area contributed by atoms with Crippen LogP contribution in [-0.2, 0) is 11.3 Å². The van der Waals surface area contributed by atoms with Gasteiger partial charge in [-0.25, -0.2) is 9.59 Å². The van der Waals surface area contributed by atoms with Crippen molar-refractivity contribution in [1.82, 2.24) is 15.5 Å². The zero-order valence-electron chi connectivity index (χ0n) is 12.9. The van der Waals surface area contributed by atoms with E-state index in [9.17, 15) is 9.59 Å². The molecule has 1 aliphatic rings. The Hall–Kier alpha value is -2.24. The molecule has 2 N–H and O–H groups in total. The van der Waals surface area contributed by atoms with Crippen molar-refractivity contribution in [3.63, 3.8) is 0 Å². The number of hydrogen-bond donors (Lipinski definition) is 2. The molecule has 6 nitrogen and oxygen atoms in total. The normalized spacial score (nSPS) is 15.2. The van der Waals surface area contributed by atoms with E-state index >= 15 is 0 Å². The van der Waals surface area contributed by atoms with Gasteiger partial charge < -0.3 is 20.3 Å². The van der Waals surface area contributed by atoms with Crippen LogP contribution in [0.1, 0.15) is 25.3 Å². The Labute approximate surface area is 130 Å². The number of likely N-dealkylation sites (tertiary alicyclic amines) is 1. The molecule has 0 aromatic heterocycles. The van der Waals surface area contributed by atoms with E-state index in [1.165, 1.54) is 0 Å². The van der Waals surface area contributed by atoms with Gasteiger partial charge in [-0.05, 0) is 25.3 Å². The Morgan fingerprint density at radius 3 is 2.55 bits per heavy atom. The highest BCUT2D eigenvalue weighted by atomic mass is 16.5. The Morgan fingerprint density at radius 2 is 1.91 bits per heavy atom. The summed E-state index contributed by atoms with van der Waals surface area (Å²) in [5.41, 5.74) is 1.08. The molecule has 0 radical (unpaired) electrons. The topological polar surface area (TPSA) is 70.7 Å². The van der Waals surface area contributed by atoms with Crippen LogP contribution in [0.15, 0.2) is 30.3 Å². The van der Waals surface area contributed by atoms with Crippen molar-refractivity contribution in [1.29, 1.82) is 0 Å². The minimum atomic E-state index is -0.380. The van der Waals surface area contributed by atoms with E-state index in [0.717, 1.165) is 18.4 Å². The standard InChI is InChI=1S/C16H23N3O3/c1-2-22-16(21)18-14-8-10-19(11-9-14)15(20)17-12-13-6-4-3-5-7-13/h3-7,14H,2,8-12H2,1H3,(H,17,20)(H,18,21). The number of carbonyl (C=O) groups is 2. The quantitative estimate of drug-likeness (QED) is 0.895. The summed E-state index contributed by atoms with van der Waals surface area (Å²) in [5, 5.41) is 5.74. The lowest BCUT2D eigenvalue weighted by Crippen LogP contribution is -2.49. The summed E-state index contributed by atoms with van der Waals surface area (Å²) in [6, 6.07) is 9.84. The summed E-state index contributed by atoms with van der Waals surface area (Å²) in [5.74, 6) is 0. The number of hydrogen-bond acceptors (Lipinski definition) is 3. The van der Waals surface area contributed by atoms with Crippen molar-refractivity contribution in [2.24, 2.45) is 0 Å². The molecule has 1 saturated heterocycles. The molecule has 0 atom stereocenters. The zero-order chi connectivity index (χ0) is 15.8. The van der Waals surface area contributed by atoms with E-state index in [4.69, 9.17) is 4.74 Å². The average Bonchev–Trinajstić information content (AvgIpc) is 2.54. The molecule has 0 bridgehead atoms. The van der Waals surface area contributed by atoms with E-state index in [-0.39, 0.29) is 18.2 Å². The van der Waals surface area contributed by atoms with Crippen molar-refractivity contribution in [3.8, 4) is 0 Å². The lowest BCUT2D eigenvalue weighted by Gasteiger charge is -2.32. The van der Waals surface area contributed by atoms with Crippen LogP contribution in [0.5, 0.6) is 0 Å². The number of alkyl carbamates (subject to hydrolysis) is 1. The number of piperidine rings is 1. The first kappa shape index (κ1) is 16.1. The minimum Gasteiger partial charge on any atom is -0.450 e. The van der Waals surface area contributed by atoms with Gasteiger partial charge in [0.2, 0.25) is 0 Å². The monoisotopic (exact) mass is 305 g/mol. The molecule has 1 aliphatic heterocycles. The summed E-state index contributed by atoms with van der Waals surface area (Å²) in [6.07, 6.45) is 1.12. The van der Waals surface area contributed by atoms with Gasteiger partial charge in [-0.15, -0.1) is 0 Å². The van der Waals surface area contributed by atoms with Gasteiger partial charge in [0.1, 0.15) is 0 Å². The number of carbonyl (C=O) groups excluding carboxylic acids is 2. The van der Waals surface area contributed by atoms with Crippen LogP contribution in [0.2, 0.25) is 0 Å². The fourth-order valence-corrected chi connectivity index (χ4v) is 2.45. The third-order valence-corrected chi connectivity index (χ3v) is 3.67. The van der Waals surface area contributed by atoms with Crippen LogP contribution in [0, 0.1) is 0 Å². The second-order valence-corrected chi connectivity index (χ2v) is 5.27. The van der Waals surface area contributed by atoms with Gasteiger partial charge in [0.25, 0.3) is 0 Å². The molecule has 6 heteroatoms. The molecule has 0 spiro atoms. The number of nitrogens with zero attached hydrogens (tertiary/aromatic N) is 1. The highest BCUT2D eigenvalue weighted by molar-refractivity contribution is 5.74. The number of ether oxygens (including phenoxy) is 1. The molecular formula is C16H23N3O3. The van der Waals surface area contributed by atoms with Crippen LogP contribution < -0.4 is 10.6 Å². The molecule has 1 aromatic rings. The maximum atomic E-state index is 12.1.